The van der Waals surface area contributed by atoms with E-state index < -0.39 is 11.4 Å². The van der Waals surface area contributed by atoms with Crippen LogP contribution in [0.2, 0.25) is 0 Å². The van der Waals surface area contributed by atoms with Crippen LogP contribution >= 0.6 is 0 Å². The molecule has 0 radical (unpaired) electrons. The van der Waals surface area contributed by atoms with Crippen LogP contribution in [0.25, 0.3) is 0 Å². The Labute approximate surface area is 113 Å². The van der Waals surface area contributed by atoms with Gasteiger partial charge in [0.1, 0.15) is 11.6 Å². The summed E-state index contributed by atoms with van der Waals surface area (Å²) in [7, 11) is 0. The molecule has 0 amide bonds. The quantitative estimate of drug-likeness (QED) is 0.765. The van der Waals surface area contributed by atoms with Gasteiger partial charge in [-0.2, -0.15) is 0 Å². The highest BCUT2D eigenvalue weighted by atomic mass is 19.1. The molecule has 19 heavy (non-hydrogen) atoms. The first-order valence-electron chi connectivity index (χ1n) is 6.45. The number of benzene rings is 1. The number of aryl methyl sites for hydroxylation is 1. The van der Waals surface area contributed by atoms with E-state index in [4.69, 9.17) is 9.84 Å². The summed E-state index contributed by atoms with van der Waals surface area (Å²) in [5.41, 5.74) is 0.0806. The number of carboxylic acids is 1. The summed E-state index contributed by atoms with van der Waals surface area (Å²) >= 11 is 0. The lowest BCUT2D eigenvalue weighted by atomic mass is 9.87. The van der Waals surface area contributed by atoms with E-state index in [9.17, 15) is 9.18 Å². The number of hydrogen-bond donors (Lipinski definition) is 1. The molecular formula is C15H21FO3. The molecule has 0 aliphatic carbocycles. The van der Waals surface area contributed by atoms with E-state index in [1.165, 1.54) is 12.1 Å². The molecule has 0 fully saturated rings. The molecule has 0 aliphatic heterocycles. The number of carbonyl (C=O) groups is 1. The molecule has 1 rings (SSSR count). The van der Waals surface area contributed by atoms with Gasteiger partial charge in [-0.3, -0.25) is 4.79 Å². The van der Waals surface area contributed by atoms with Crippen LogP contribution in [-0.4, -0.2) is 17.7 Å². The number of carboxylic acid groups (broad SMARTS) is 1. The Kier molecular flexibility index (Phi) is 5.33. The SMILES string of the molecule is Cc1cc(F)ccc1OCCCCC(C)(C)C(=O)O. The van der Waals surface area contributed by atoms with Gasteiger partial charge in [0.05, 0.1) is 12.0 Å². The second-order valence-electron chi connectivity index (χ2n) is 5.40. The van der Waals surface area contributed by atoms with E-state index in [2.05, 4.69) is 0 Å². The number of aliphatic carboxylic acids is 1. The molecular weight excluding hydrogens is 247 g/mol. The summed E-state index contributed by atoms with van der Waals surface area (Å²) in [6.45, 7) is 5.76. The fourth-order valence-electron chi connectivity index (χ4n) is 1.73. The molecule has 106 valence electrons. The Morgan fingerprint density at radius 3 is 2.63 bits per heavy atom. The summed E-state index contributed by atoms with van der Waals surface area (Å²) in [4.78, 5) is 10.9. The third kappa shape index (κ3) is 4.89. The van der Waals surface area contributed by atoms with Crippen molar-refractivity contribution in [2.24, 2.45) is 5.41 Å². The van der Waals surface area contributed by atoms with Crippen molar-refractivity contribution in [3.05, 3.63) is 29.6 Å². The van der Waals surface area contributed by atoms with Gasteiger partial charge < -0.3 is 9.84 Å². The first-order valence-corrected chi connectivity index (χ1v) is 6.45. The summed E-state index contributed by atoms with van der Waals surface area (Å²) in [5, 5.41) is 8.97. The van der Waals surface area contributed by atoms with Gasteiger partial charge in [-0.05, 0) is 63.8 Å². The summed E-state index contributed by atoms with van der Waals surface area (Å²) in [6.07, 6.45) is 2.20. The number of rotatable bonds is 7. The number of hydrogen-bond acceptors (Lipinski definition) is 2. The maximum Gasteiger partial charge on any atom is 0.309 e. The third-order valence-electron chi connectivity index (χ3n) is 3.17. The molecule has 0 aliphatic rings. The molecule has 0 saturated carbocycles. The normalized spacial score (nSPS) is 11.4. The van der Waals surface area contributed by atoms with Crippen molar-refractivity contribution in [1.82, 2.24) is 0 Å². The van der Waals surface area contributed by atoms with E-state index in [1.54, 1.807) is 26.8 Å². The Balaban J connectivity index is 2.30. The summed E-state index contributed by atoms with van der Waals surface area (Å²) < 4.78 is 18.4. The van der Waals surface area contributed by atoms with Gasteiger partial charge in [0.25, 0.3) is 0 Å². The largest absolute Gasteiger partial charge is 0.493 e. The Morgan fingerprint density at radius 2 is 2.05 bits per heavy atom. The molecule has 0 unspecified atom stereocenters. The minimum absolute atomic E-state index is 0.270. The molecule has 3 nitrogen and oxygen atoms in total. The first-order chi connectivity index (χ1) is 8.83. The molecule has 0 saturated heterocycles. The van der Waals surface area contributed by atoms with Crippen molar-refractivity contribution in [1.29, 1.82) is 0 Å². The number of unbranched alkanes of at least 4 members (excludes halogenated alkanes) is 1. The Hall–Kier alpha value is -1.58. The van der Waals surface area contributed by atoms with Crippen LogP contribution in [0.15, 0.2) is 18.2 Å². The lowest BCUT2D eigenvalue weighted by Gasteiger charge is -2.18. The van der Waals surface area contributed by atoms with Crippen molar-refractivity contribution < 1.29 is 19.0 Å². The van der Waals surface area contributed by atoms with Crippen LogP contribution in [-0.2, 0) is 4.79 Å². The lowest BCUT2D eigenvalue weighted by molar-refractivity contribution is -0.147. The van der Waals surface area contributed by atoms with Crippen molar-refractivity contribution in [2.75, 3.05) is 6.61 Å². The van der Waals surface area contributed by atoms with Crippen molar-refractivity contribution in [3.63, 3.8) is 0 Å². The Bertz CT molecular complexity index is 441. The Morgan fingerprint density at radius 1 is 1.37 bits per heavy atom. The molecule has 0 spiro atoms. The summed E-state index contributed by atoms with van der Waals surface area (Å²) in [5.74, 6) is -0.366. The van der Waals surface area contributed by atoms with Crippen LogP contribution in [0.4, 0.5) is 4.39 Å². The summed E-state index contributed by atoms with van der Waals surface area (Å²) in [6, 6.07) is 4.42. The molecule has 0 atom stereocenters. The zero-order chi connectivity index (χ0) is 14.5. The average Bonchev–Trinajstić information content (AvgIpc) is 2.31. The average molecular weight is 268 g/mol. The standard InChI is InChI=1S/C15H21FO3/c1-11-10-12(16)6-7-13(11)19-9-5-4-8-15(2,3)14(17)18/h6-7,10H,4-5,8-9H2,1-3H3,(H,17,18). The molecule has 1 aromatic carbocycles. The minimum atomic E-state index is -0.775. The van der Waals surface area contributed by atoms with E-state index in [0.29, 0.717) is 18.8 Å². The zero-order valence-corrected chi connectivity index (χ0v) is 11.7. The molecule has 0 bridgehead atoms. The van der Waals surface area contributed by atoms with Crippen molar-refractivity contribution in [3.8, 4) is 5.75 Å². The predicted molar refractivity (Wildman–Crippen MR) is 71.9 cm³/mol. The monoisotopic (exact) mass is 268 g/mol. The zero-order valence-electron chi connectivity index (χ0n) is 11.7. The van der Waals surface area contributed by atoms with E-state index in [0.717, 1.165) is 18.4 Å². The fraction of sp³-hybridized carbons (Fsp3) is 0.533. The second-order valence-corrected chi connectivity index (χ2v) is 5.40. The smallest absolute Gasteiger partial charge is 0.309 e. The topological polar surface area (TPSA) is 46.5 Å². The van der Waals surface area contributed by atoms with E-state index in [1.807, 2.05) is 0 Å². The van der Waals surface area contributed by atoms with Gasteiger partial charge in [0, 0.05) is 0 Å². The molecule has 4 heteroatoms. The van der Waals surface area contributed by atoms with Crippen LogP contribution in [0.1, 0.15) is 38.7 Å². The third-order valence-corrected chi connectivity index (χ3v) is 3.17. The highest BCUT2D eigenvalue weighted by Gasteiger charge is 2.25. The molecule has 0 aromatic heterocycles. The fourth-order valence-corrected chi connectivity index (χ4v) is 1.73. The van der Waals surface area contributed by atoms with Crippen LogP contribution in [0.3, 0.4) is 0 Å². The minimum Gasteiger partial charge on any atom is -0.493 e. The second kappa shape index (κ2) is 6.55. The highest BCUT2D eigenvalue weighted by Crippen LogP contribution is 2.24. The van der Waals surface area contributed by atoms with Gasteiger partial charge in [0.15, 0.2) is 0 Å². The van der Waals surface area contributed by atoms with E-state index in [-0.39, 0.29) is 5.82 Å². The highest BCUT2D eigenvalue weighted by molar-refractivity contribution is 5.73. The lowest BCUT2D eigenvalue weighted by Crippen LogP contribution is -2.23. The predicted octanol–water partition coefficient (Wildman–Crippen LogP) is 3.79. The van der Waals surface area contributed by atoms with Gasteiger partial charge in [-0.25, -0.2) is 4.39 Å². The van der Waals surface area contributed by atoms with Crippen molar-refractivity contribution in [2.45, 2.75) is 40.0 Å². The molecule has 1 aromatic rings. The van der Waals surface area contributed by atoms with Crippen LogP contribution in [0.5, 0.6) is 5.75 Å². The van der Waals surface area contributed by atoms with Crippen LogP contribution < -0.4 is 4.74 Å². The molecule has 0 heterocycles. The number of halogens is 1. The maximum absolute atomic E-state index is 12.9. The number of ether oxygens (including phenoxy) is 1. The van der Waals surface area contributed by atoms with E-state index >= 15 is 0 Å². The maximum atomic E-state index is 12.9. The van der Waals surface area contributed by atoms with Gasteiger partial charge >= 0.3 is 5.97 Å². The van der Waals surface area contributed by atoms with Crippen molar-refractivity contribution >= 4 is 5.97 Å². The first kappa shape index (κ1) is 15.5. The van der Waals surface area contributed by atoms with Gasteiger partial charge in [-0.1, -0.05) is 0 Å². The van der Waals surface area contributed by atoms with Gasteiger partial charge in [0.2, 0.25) is 0 Å². The van der Waals surface area contributed by atoms with Gasteiger partial charge in [-0.15, -0.1) is 0 Å². The van der Waals surface area contributed by atoms with Crippen LogP contribution in [0, 0.1) is 18.2 Å². The molecule has 1 N–H and O–H groups in total.